The third-order valence-electron chi connectivity index (χ3n) is 4.34. The van der Waals surface area contributed by atoms with Crippen molar-refractivity contribution in [3.63, 3.8) is 0 Å². The molecule has 0 aliphatic heterocycles. The number of hydrogen-bond donors (Lipinski definition) is 2. The normalized spacial score (nSPS) is 23.1. The van der Waals surface area contributed by atoms with Crippen molar-refractivity contribution in [1.82, 2.24) is 10.6 Å². The van der Waals surface area contributed by atoms with E-state index in [1.165, 1.54) is 6.26 Å². The van der Waals surface area contributed by atoms with Crippen molar-refractivity contribution in [3.05, 3.63) is 24.2 Å². The van der Waals surface area contributed by atoms with Gasteiger partial charge in [0.05, 0.1) is 6.26 Å². The van der Waals surface area contributed by atoms with Crippen LogP contribution in [0.5, 0.6) is 0 Å². The Morgan fingerprint density at radius 3 is 2.45 bits per heavy atom. The molecule has 1 aliphatic rings. The average Bonchev–Trinajstić information content (AvgIpc) is 3.00. The molecule has 22 heavy (non-hydrogen) atoms. The Balaban J connectivity index is 1.92. The fraction of sp³-hybridized carbons (Fsp3) is 0.647. The molecule has 0 aromatic carbocycles. The van der Waals surface area contributed by atoms with Crippen molar-refractivity contribution in [2.24, 2.45) is 11.8 Å². The van der Waals surface area contributed by atoms with Gasteiger partial charge in [-0.15, -0.1) is 0 Å². The van der Waals surface area contributed by atoms with Crippen LogP contribution in [-0.2, 0) is 4.79 Å². The maximum atomic E-state index is 12.5. The summed E-state index contributed by atoms with van der Waals surface area (Å²) in [5, 5.41) is 5.86. The van der Waals surface area contributed by atoms with E-state index in [0.717, 1.165) is 31.6 Å². The molecule has 2 N–H and O–H groups in total. The summed E-state index contributed by atoms with van der Waals surface area (Å²) in [5.74, 6) is 0.532. The van der Waals surface area contributed by atoms with Crippen molar-refractivity contribution in [1.29, 1.82) is 0 Å². The number of rotatable bonds is 5. The zero-order valence-corrected chi connectivity index (χ0v) is 13.6. The molecule has 1 unspecified atom stereocenters. The molecule has 1 fully saturated rings. The van der Waals surface area contributed by atoms with Crippen molar-refractivity contribution in [2.45, 2.75) is 58.5 Å². The molecular formula is C17H26N2O3. The summed E-state index contributed by atoms with van der Waals surface area (Å²) < 4.78 is 5.07. The monoisotopic (exact) mass is 306 g/mol. The van der Waals surface area contributed by atoms with Crippen LogP contribution in [0.25, 0.3) is 0 Å². The molecule has 1 aromatic rings. The first-order valence-electron chi connectivity index (χ1n) is 8.12. The summed E-state index contributed by atoms with van der Waals surface area (Å²) in [5.41, 5.74) is 0. The summed E-state index contributed by atoms with van der Waals surface area (Å²) in [6.07, 6.45) is 5.78. The Morgan fingerprint density at radius 1 is 1.23 bits per heavy atom. The fourth-order valence-electron chi connectivity index (χ4n) is 2.85. The lowest BCUT2D eigenvalue weighted by molar-refractivity contribution is -0.124. The van der Waals surface area contributed by atoms with Crippen molar-refractivity contribution < 1.29 is 14.0 Å². The highest BCUT2D eigenvalue weighted by Crippen LogP contribution is 2.23. The number of carbonyl (C=O) groups excluding carboxylic acids is 2. The standard InChI is InChI=1S/C17H26N2O3/c1-11(2)15(19-16(20)14-5-4-10-22-14)17(21)18-13-8-6-12(3)7-9-13/h4-5,10-13,15H,6-9H2,1-3H3,(H,18,21)(H,19,20). The Hall–Kier alpha value is -1.78. The topological polar surface area (TPSA) is 71.3 Å². The Bertz CT molecular complexity index is 488. The number of amides is 2. The van der Waals surface area contributed by atoms with Crippen molar-refractivity contribution in [2.75, 3.05) is 0 Å². The fourth-order valence-corrected chi connectivity index (χ4v) is 2.85. The van der Waals surface area contributed by atoms with Gasteiger partial charge in [-0.3, -0.25) is 9.59 Å². The van der Waals surface area contributed by atoms with Gasteiger partial charge in [-0.25, -0.2) is 0 Å². The maximum Gasteiger partial charge on any atom is 0.287 e. The number of carbonyl (C=O) groups is 2. The zero-order chi connectivity index (χ0) is 16.1. The molecule has 1 heterocycles. The average molecular weight is 306 g/mol. The lowest BCUT2D eigenvalue weighted by Gasteiger charge is -2.29. The van der Waals surface area contributed by atoms with E-state index in [-0.39, 0.29) is 29.5 Å². The molecule has 0 radical (unpaired) electrons. The molecule has 0 saturated heterocycles. The number of nitrogens with one attached hydrogen (secondary N) is 2. The van der Waals surface area contributed by atoms with Crippen LogP contribution in [0.3, 0.4) is 0 Å². The molecule has 2 amide bonds. The van der Waals surface area contributed by atoms with Gasteiger partial charge in [-0.1, -0.05) is 20.8 Å². The Kier molecular flexibility index (Phi) is 5.63. The van der Waals surface area contributed by atoms with Crippen LogP contribution >= 0.6 is 0 Å². The summed E-state index contributed by atoms with van der Waals surface area (Å²) in [7, 11) is 0. The van der Waals surface area contributed by atoms with Crippen LogP contribution in [0, 0.1) is 11.8 Å². The molecule has 5 nitrogen and oxygen atoms in total. The maximum absolute atomic E-state index is 12.5. The molecule has 1 aliphatic carbocycles. The van der Waals surface area contributed by atoms with Gasteiger partial charge in [0.2, 0.25) is 5.91 Å². The Labute approximate surface area is 131 Å². The van der Waals surface area contributed by atoms with Crippen LogP contribution < -0.4 is 10.6 Å². The molecule has 0 spiro atoms. The third-order valence-corrected chi connectivity index (χ3v) is 4.34. The summed E-state index contributed by atoms with van der Waals surface area (Å²) in [4.78, 5) is 24.6. The quantitative estimate of drug-likeness (QED) is 0.878. The molecule has 1 aromatic heterocycles. The first-order valence-corrected chi connectivity index (χ1v) is 8.12. The SMILES string of the molecule is CC1CCC(NC(=O)C(NC(=O)c2ccco2)C(C)C)CC1. The van der Waals surface area contributed by atoms with Gasteiger partial charge in [-0.2, -0.15) is 0 Å². The molecule has 122 valence electrons. The minimum Gasteiger partial charge on any atom is -0.459 e. The van der Waals surface area contributed by atoms with Crippen LogP contribution in [0.1, 0.15) is 57.0 Å². The molecule has 0 bridgehead atoms. The first-order chi connectivity index (χ1) is 10.5. The lowest BCUT2D eigenvalue weighted by Crippen LogP contribution is -2.52. The van der Waals surface area contributed by atoms with Crippen LogP contribution in [0.15, 0.2) is 22.8 Å². The smallest absolute Gasteiger partial charge is 0.287 e. The van der Waals surface area contributed by atoms with Crippen molar-refractivity contribution in [3.8, 4) is 0 Å². The van der Waals surface area contributed by atoms with Gasteiger partial charge in [0.25, 0.3) is 5.91 Å². The molecule has 1 atom stereocenters. The van der Waals surface area contributed by atoms with E-state index in [1.54, 1.807) is 12.1 Å². The highest BCUT2D eigenvalue weighted by atomic mass is 16.3. The number of furan rings is 1. The van der Waals surface area contributed by atoms with Crippen LogP contribution in [0.2, 0.25) is 0 Å². The van der Waals surface area contributed by atoms with Crippen molar-refractivity contribution >= 4 is 11.8 Å². The zero-order valence-electron chi connectivity index (χ0n) is 13.6. The second-order valence-electron chi connectivity index (χ2n) is 6.64. The summed E-state index contributed by atoms with van der Waals surface area (Å²) in [6.45, 7) is 6.10. The van der Waals surface area contributed by atoms with Gasteiger partial charge in [0.1, 0.15) is 6.04 Å². The Morgan fingerprint density at radius 2 is 1.91 bits per heavy atom. The highest BCUT2D eigenvalue weighted by Gasteiger charge is 2.28. The van der Waals surface area contributed by atoms with Gasteiger partial charge in [-0.05, 0) is 49.7 Å². The molecular weight excluding hydrogens is 280 g/mol. The van der Waals surface area contributed by atoms with E-state index >= 15 is 0 Å². The molecule has 1 saturated carbocycles. The van der Waals surface area contributed by atoms with Gasteiger partial charge < -0.3 is 15.1 Å². The lowest BCUT2D eigenvalue weighted by atomic mass is 9.87. The molecule has 5 heteroatoms. The van der Waals surface area contributed by atoms with Gasteiger partial charge in [0, 0.05) is 6.04 Å². The van der Waals surface area contributed by atoms with E-state index in [4.69, 9.17) is 4.42 Å². The minimum absolute atomic E-state index is 0.0152. The van der Waals surface area contributed by atoms with E-state index in [0.29, 0.717) is 0 Å². The second kappa shape index (κ2) is 7.47. The summed E-state index contributed by atoms with van der Waals surface area (Å²) >= 11 is 0. The minimum atomic E-state index is -0.544. The number of hydrogen-bond acceptors (Lipinski definition) is 3. The highest BCUT2D eigenvalue weighted by molar-refractivity contribution is 5.95. The van der Waals surface area contributed by atoms with Crippen LogP contribution in [-0.4, -0.2) is 23.9 Å². The largest absolute Gasteiger partial charge is 0.459 e. The predicted octanol–water partition coefficient (Wildman–Crippen LogP) is 2.73. The van der Waals surface area contributed by atoms with Crippen LogP contribution in [0.4, 0.5) is 0 Å². The van der Waals surface area contributed by atoms with E-state index in [2.05, 4.69) is 17.6 Å². The molecule has 2 rings (SSSR count). The predicted molar refractivity (Wildman–Crippen MR) is 84.4 cm³/mol. The summed E-state index contributed by atoms with van der Waals surface area (Å²) in [6, 6.07) is 2.93. The first kappa shape index (κ1) is 16.6. The van der Waals surface area contributed by atoms with Gasteiger partial charge >= 0.3 is 0 Å². The van der Waals surface area contributed by atoms with E-state index in [1.807, 2.05) is 13.8 Å². The third kappa shape index (κ3) is 4.36. The van der Waals surface area contributed by atoms with Gasteiger partial charge in [0.15, 0.2) is 5.76 Å². The van der Waals surface area contributed by atoms with E-state index in [9.17, 15) is 9.59 Å². The van der Waals surface area contributed by atoms with E-state index < -0.39 is 6.04 Å². The second-order valence-corrected chi connectivity index (χ2v) is 6.64.